The van der Waals surface area contributed by atoms with Gasteiger partial charge in [-0.3, -0.25) is 0 Å². The van der Waals surface area contributed by atoms with Gasteiger partial charge in [-0.25, -0.2) is 0 Å². The molecule has 0 saturated heterocycles. The molecule has 0 aliphatic heterocycles. The fraction of sp³-hybridized carbons (Fsp3) is 0. The van der Waals surface area contributed by atoms with E-state index in [1.54, 1.807) is 0 Å². The van der Waals surface area contributed by atoms with E-state index in [1.807, 2.05) is 0 Å². The fourth-order valence-corrected chi connectivity index (χ4v) is 1.07. The van der Waals surface area contributed by atoms with Crippen LogP contribution in [0.4, 0.5) is 0 Å². The molecule has 0 aromatic heterocycles. The largest absolute Gasteiger partial charge is 0.168 e. The van der Waals surface area contributed by atoms with Crippen molar-refractivity contribution >= 4 is 10.8 Å². The van der Waals surface area contributed by atoms with Gasteiger partial charge in [-0.1, -0.05) is 6.07 Å². The average Bonchev–Trinajstić information content (AvgIpc) is 2.33. The third-order valence-corrected chi connectivity index (χ3v) is 1.55. The smallest absolute Gasteiger partial charge is 0 e. The van der Waals surface area contributed by atoms with E-state index in [2.05, 4.69) is 42.5 Å². The van der Waals surface area contributed by atoms with Crippen molar-refractivity contribution in [2.45, 2.75) is 0 Å². The molecule has 0 aliphatic carbocycles. The summed E-state index contributed by atoms with van der Waals surface area (Å²) in [5, 5.41) is 2.66. The molecule has 2 aromatic carbocycles. The van der Waals surface area contributed by atoms with Crippen molar-refractivity contribution in [2.75, 3.05) is 0 Å². The third kappa shape index (κ3) is 1.18. The molecule has 0 N–H and O–H groups in total. The Labute approximate surface area is 75.1 Å². The summed E-state index contributed by atoms with van der Waals surface area (Å²) in [6.07, 6.45) is 0. The van der Waals surface area contributed by atoms with Crippen LogP contribution >= 0.6 is 0 Å². The Morgan fingerprint density at radius 2 is 1.80 bits per heavy atom. The van der Waals surface area contributed by atoms with Gasteiger partial charge in [0.1, 0.15) is 0 Å². The van der Waals surface area contributed by atoms with E-state index in [4.69, 9.17) is 0 Å². The zero-order chi connectivity index (χ0) is 6.10. The van der Waals surface area contributed by atoms with Crippen LogP contribution in [0.1, 0.15) is 0 Å². The summed E-state index contributed by atoms with van der Waals surface area (Å²) in [5.74, 6) is 0. The predicted molar refractivity (Wildman–Crippen MR) is 39.5 cm³/mol. The van der Waals surface area contributed by atoms with Crippen molar-refractivity contribution in [3.63, 3.8) is 0 Å². The van der Waals surface area contributed by atoms with Crippen molar-refractivity contribution in [3.8, 4) is 0 Å². The summed E-state index contributed by atoms with van der Waals surface area (Å²) >= 11 is 0. The predicted octanol–water partition coefficient (Wildman–Crippen LogP) is 2.56. The third-order valence-electron chi connectivity index (χ3n) is 1.55. The summed E-state index contributed by atoms with van der Waals surface area (Å²) < 4.78 is 0. The van der Waals surface area contributed by atoms with Crippen molar-refractivity contribution in [1.82, 2.24) is 0 Å². The molecule has 48 valence electrons. The van der Waals surface area contributed by atoms with Gasteiger partial charge in [0.2, 0.25) is 0 Å². The fourth-order valence-electron chi connectivity index (χ4n) is 1.07. The zero-order valence-electron chi connectivity index (χ0n) is 5.54. The van der Waals surface area contributed by atoms with Crippen LogP contribution in [-0.2, 0) is 21.7 Å². The second kappa shape index (κ2) is 3.09. The molecule has 0 spiro atoms. The van der Waals surface area contributed by atoms with Crippen LogP contribution in [0.15, 0.2) is 42.5 Å². The number of hydrogen-bond donors (Lipinski definition) is 0. The van der Waals surface area contributed by atoms with E-state index in [9.17, 15) is 0 Å². The SMILES string of the molecule is [Ti].c1ccc2[cH-]ccc2c1. The molecular weight excluding hydrogens is 156 g/mol. The molecule has 0 bridgehead atoms. The molecule has 0 heterocycles. The van der Waals surface area contributed by atoms with Crippen molar-refractivity contribution in [1.29, 1.82) is 0 Å². The van der Waals surface area contributed by atoms with Gasteiger partial charge in [0, 0.05) is 21.7 Å². The Morgan fingerprint density at radius 1 is 1.00 bits per heavy atom. The molecule has 10 heavy (non-hydrogen) atoms. The van der Waals surface area contributed by atoms with E-state index in [0.29, 0.717) is 0 Å². The summed E-state index contributed by atoms with van der Waals surface area (Å²) in [7, 11) is 0. The maximum atomic E-state index is 2.12. The van der Waals surface area contributed by atoms with E-state index < -0.39 is 0 Å². The molecule has 0 fully saturated rings. The molecule has 1 heteroatoms. The molecule has 0 radical (unpaired) electrons. The topological polar surface area (TPSA) is 0 Å². The minimum atomic E-state index is 0. The molecule has 0 unspecified atom stereocenters. The van der Waals surface area contributed by atoms with Crippen LogP contribution in [0.3, 0.4) is 0 Å². The van der Waals surface area contributed by atoms with Crippen LogP contribution in [0.25, 0.3) is 10.8 Å². The summed E-state index contributed by atoms with van der Waals surface area (Å²) in [6.45, 7) is 0. The van der Waals surface area contributed by atoms with Crippen molar-refractivity contribution in [2.24, 2.45) is 0 Å². The Bertz CT molecular complexity index is 279. The summed E-state index contributed by atoms with van der Waals surface area (Å²) in [6, 6.07) is 14.7. The Balaban J connectivity index is 0.000000500. The Hall–Kier alpha value is -0.456. The van der Waals surface area contributed by atoms with E-state index in [-0.39, 0.29) is 21.7 Å². The van der Waals surface area contributed by atoms with E-state index >= 15 is 0 Å². The Kier molecular flexibility index (Phi) is 2.36. The monoisotopic (exact) mass is 163 g/mol. The second-order valence-electron chi connectivity index (χ2n) is 2.15. The van der Waals surface area contributed by atoms with E-state index in [1.165, 1.54) is 10.8 Å². The molecule has 2 aromatic rings. The van der Waals surface area contributed by atoms with Gasteiger partial charge in [0.15, 0.2) is 0 Å². The minimum absolute atomic E-state index is 0. The molecule has 0 nitrogen and oxygen atoms in total. The number of benzene rings is 1. The van der Waals surface area contributed by atoms with Crippen molar-refractivity contribution in [3.05, 3.63) is 42.5 Å². The first kappa shape index (κ1) is 7.65. The zero-order valence-corrected chi connectivity index (χ0v) is 7.10. The van der Waals surface area contributed by atoms with E-state index in [0.717, 1.165) is 0 Å². The quantitative estimate of drug-likeness (QED) is 0.413. The summed E-state index contributed by atoms with van der Waals surface area (Å²) in [4.78, 5) is 0. The number of hydrogen-bond acceptors (Lipinski definition) is 0. The standard InChI is InChI=1S/C9H7.Ti/c1-2-5-9-7-3-6-8(9)4-1;/h1-7H;/q-1;. The van der Waals surface area contributed by atoms with Gasteiger partial charge in [-0.15, -0.1) is 29.7 Å². The van der Waals surface area contributed by atoms with Crippen LogP contribution < -0.4 is 0 Å². The van der Waals surface area contributed by atoms with Crippen LogP contribution in [0.5, 0.6) is 0 Å². The van der Waals surface area contributed by atoms with Gasteiger partial charge < -0.3 is 0 Å². The van der Waals surface area contributed by atoms with Crippen molar-refractivity contribution < 1.29 is 21.7 Å². The van der Waals surface area contributed by atoms with Gasteiger partial charge in [0.05, 0.1) is 0 Å². The van der Waals surface area contributed by atoms with Crippen LogP contribution in [-0.4, -0.2) is 0 Å². The van der Waals surface area contributed by atoms with Gasteiger partial charge >= 0.3 is 0 Å². The first-order chi connectivity index (χ1) is 4.47. The molecule has 0 atom stereocenters. The molecular formula is C9H7Ti-. The van der Waals surface area contributed by atoms with Gasteiger partial charge in [-0.05, 0) is 0 Å². The number of rotatable bonds is 0. The maximum Gasteiger partial charge on any atom is 0 e. The van der Waals surface area contributed by atoms with Gasteiger partial charge in [-0.2, -0.15) is 17.5 Å². The summed E-state index contributed by atoms with van der Waals surface area (Å²) in [5.41, 5.74) is 0. The van der Waals surface area contributed by atoms with Crippen LogP contribution in [0, 0.1) is 0 Å². The maximum absolute atomic E-state index is 2.12. The second-order valence-corrected chi connectivity index (χ2v) is 2.15. The normalized spacial score (nSPS) is 9.20. The van der Waals surface area contributed by atoms with Gasteiger partial charge in [0.25, 0.3) is 0 Å². The number of fused-ring (bicyclic) bond motifs is 1. The first-order valence-corrected chi connectivity index (χ1v) is 3.07. The molecule has 0 aliphatic rings. The first-order valence-electron chi connectivity index (χ1n) is 3.07. The Morgan fingerprint density at radius 3 is 2.60 bits per heavy atom. The average molecular weight is 163 g/mol. The molecule has 0 saturated carbocycles. The molecule has 0 amide bonds. The molecule has 2 rings (SSSR count). The van der Waals surface area contributed by atoms with Crippen LogP contribution in [0.2, 0.25) is 0 Å². The minimum Gasteiger partial charge on any atom is -0.168 e.